The summed E-state index contributed by atoms with van der Waals surface area (Å²) < 4.78 is 22.4. The monoisotopic (exact) mass is 605 g/mol. The first-order valence-corrected chi connectivity index (χ1v) is 14.5. The van der Waals surface area contributed by atoms with Crippen LogP contribution in [-0.4, -0.2) is 90.2 Å². The third kappa shape index (κ3) is 5.87. The SMILES string of the molecule is CC(=O)NCC1CN(c2ccc(C(=O)CN3CCN(c4cc5c(cc4F)c(=O)c(C(=O)O)cn5C4CC4)CC3)cc2)C(=O)O1. The summed E-state index contributed by atoms with van der Waals surface area (Å²) >= 11 is 0. The summed E-state index contributed by atoms with van der Waals surface area (Å²) in [6.07, 6.45) is 2.13. The van der Waals surface area contributed by atoms with E-state index in [9.17, 15) is 29.1 Å². The molecule has 2 aliphatic heterocycles. The van der Waals surface area contributed by atoms with Gasteiger partial charge in [0.15, 0.2) is 5.78 Å². The van der Waals surface area contributed by atoms with Gasteiger partial charge in [0.1, 0.15) is 17.5 Å². The van der Waals surface area contributed by atoms with Crippen molar-refractivity contribution < 1.29 is 33.4 Å². The van der Waals surface area contributed by atoms with Crippen molar-refractivity contribution in [1.82, 2.24) is 14.8 Å². The molecule has 2 aromatic carbocycles. The van der Waals surface area contributed by atoms with Gasteiger partial charge in [-0.05, 0) is 49.2 Å². The van der Waals surface area contributed by atoms with Gasteiger partial charge in [0.2, 0.25) is 11.3 Å². The van der Waals surface area contributed by atoms with Crippen molar-refractivity contribution in [2.24, 2.45) is 0 Å². The van der Waals surface area contributed by atoms with Crippen molar-refractivity contribution in [3.8, 4) is 0 Å². The Balaban J connectivity index is 1.09. The number of hydrogen-bond donors (Lipinski definition) is 2. The van der Waals surface area contributed by atoms with Crippen molar-refractivity contribution in [1.29, 1.82) is 0 Å². The van der Waals surface area contributed by atoms with Crippen LogP contribution in [-0.2, 0) is 9.53 Å². The molecular formula is C31H32FN5O7. The number of carbonyl (C=O) groups is 4. The molecule has 230 valence electrons. The maximum atomic E-state index is 15.3. The largest absolute Gasteiger partial charge is 0.477 e. The summed E-state index contributed by atoms with van der Waals surface area (Å²) in [6.45, 7) is 4.05. The molecule has 6 rings (SSSR count). The maximum Gasteiger partial charge on any atom is 0.414 e. The van der Waals surface area contributed by atoms with E-state index in [0.717, 1.165) is 18.9 Å². The number of hydrogen-bond acceptors (Lipinski definition) is 8. The van der Waals surface area contributed by atoms with E-state index in [1.807, 2.05) is 9.80 Å². The van der Waals surface area contributed by atoms with Gasteiger partial charge in [-0.2, -0.15) is 0 Å². The van der Waals surface area contributed by atoms with Crippen LogP contribution in [0.15, 0.2) is 47.4 Å². The topological polar surface area (TPSA) is 141 Å². The van der Waals surface area contributed by atoms with E-state index in [-0.39, 0.29) is 48.3 Å². The first-order chi connectivity index (χ1) is 21.1. The normalized spacial score (nSPS) is 18.9. The summed E-state index contributed by atoms with van der Waals surface area (Å²) in [4.78, 5) is 66.2. The number of pyridine rings is 1. The van der Waals surface area contributed by atoms with E-state index < -0.39 is 29.4 Å². The number of nitrogens with zero attached hydrogens (tertiary/aromatic N) is 4. The molecular weight excluding hydrogens is 573 g/mol. The number of piperazine rings is 1. The number of benzene rings is 2. The zero-order valence-corrected chi connectivity index (χ0v) is 24.1. The Morgan fingerprint density at radius 3 is 2.39 bits per heavy atom. The Bertz CT molecular complexity index is 1710. The first-order valence-electron chi connectivity index (χ1n) is 14.5. The summed E-state index contributed by atoms with van der Waals surface area (Å²) in [5.74, 6) is -2.21. The highest BCUT2D eigenvalue weighted by atomic mass is 19.1. The van der Waals surface area contributed by atoms with E-state index >= 15 is 4.39 Å². The van der Waals surface area contributed by atoms with Crippen molar-refractivity contribution in [2.45, 2.75) is 31.9 Å². The first kappa shape index (κ1) is 29.3. The van der Waals surface area contributed by atoms with E-state index in [4.69, 9.17) is 4.74 Å². The lowest BCUT2D eigenvalue weighted by atomic mass is 10.1. The Hall–Kier alpha value is -4.78. The third-order valence-electron chi connectivity index (χ3n) is 8.31. The molecule has 1 saturated carbocycles. The molecule has 44 heavy (non-hydrogen) atoms. The van der Waals surface area contributed by atoms with Crippen LogP contribution >= 0.6 is 0 Å². The molecule has 0 radical (unpaired) electrons. The van der Waals surface area contributed by atoms with Crippen LogP contribution in [0.3, 0.4) is 0 Å². The number of rotatable bonds is 9. The van der Waals surface area contributed by atoms with Crippen molar-refractivity contribution in [3.63, 3.8) is 0 Å². The average Bonchev–Trinajstić information content (AvgIpc) is 3.78. The Morgan fingerprint density at radius 2 is 1.75 bits per heavy atom. The van der Waals surface area contributed by atoms with E-state index in [0.29, 0.717) is 48.6 Å². The number of anilines is 2. The van der Waals surface area contributed by atoms with Crippen LogP contribution in [0.2, 0.25) is 0 Å². The number of aromatic carboxylic acids is 1. The number of carbonyl (C=O) groups excluding carboxylic acids is 3. The summed E-state index contributed by atoms with van der Waals surface area (Å²) in [7, 11) is 0. The van der Waals surface area contributed by atoms with Gasteiger partial charge < -0.3 is 24.6 Å². The lowest BCUT2D eigenvalue weighted by molar-refractivity contribution is -0.119. The molecule has 3 aliphatic rings. The number of ketones is 1. The molecule has 1 aliphatic carbocycles. The summed E-state index contributed by atoms with van der Waals surface area (Å²) in [5, 5.41) is 12.2. The molecule has 1 unspecified atom stereocenters. The van der Waals surface area contributed by atoms with Gasteiger partial charge in [-0.15, -0.1) is 0 Å². The number of carboxylic acids is 1. The number of Topliss-reactive ketones (excluding diaryl/α,β-unsaturated/α-hetero) is 1. The minimum Gasteiger partial charge on any atom is -0.477 e. The molecule has 2 amide bonds. The van der Waals surface area contributed by atoms with E-state index in [1.54, 1.807) is 34.9 Å². The number of fused-ring (bicyclic) bond motifs is 1. The molecule has 3 fully saturated rings. The van der Waals surface area contributed by atoms with Crippen LogP contribution in [0.25, 0.3) is 10.9 Å². The molecule has 3 heterocycles. The third-order valence-corrected chi connectivity index (χ3v) is 8.31. The lowest BCUT2D eigenvalue weighted by Crippen LogP contribution is -2.48. The van der Waals surface area contributed by atoms with Crippen LogP contribution in [0.1, 0.15) is 46.5 Å². The minimum absolute atomic E-state index is 0.0553. The van der Waals surface area contributed by atoms with E-state index in [2.05, 4.69) is 5.32 Å². The summed E-state index contributed by atoms with van der Waals surface area (Å²) in [6, 6.07) is 9.58. The van der Waals surface area contributed by atoms with Crippen LogP contribution in [0.4, 0.5) is 20.6 Å². The Labute approximate surface area is 251 Å². The number of cyclic esters (lactones) is 1. The van der Waals surface area contributed by atoms with Crippen LogP contribution in [0, 0.1) is 5.82 Å². The molecule has 0 bridgehead atoms. The fraction of sp³-hybridized carbons (Fsp3) is 0.387. The summed E-state index contributed by atoms with van der Waals surface area (Å²) in [5.41, 5.74) is 0.890. The second kappa shape index (κ2) is 11.7. The number of aromatic nitrogens is 1. The van der Waals surface area contributed by atoms with Crippen molar-refractivity contribution in [3.05, 3.63) is 69.8 Å². The van der Waals surface area contributed by atoms with Gasteiger partial charge in [0.05, 0.1) is 30.8 Å². The van der Waals surface area contributed by atoms with Gasteiger partial charge in [0.25, 0.3) is 0 Å². The van der Waals surface area contributed by atoms with Crippen LogP contribution in [0.5, 0.6) is 0 Å². The predicted octanol–water partition coefficient (Wildman–Crippen LogP) is 2.64. The standard InChI is InChI=1S/C31H32FN5O7/c1-18(38)33-14-22-15-37(31(43)44-22)21-4-2-19(3-5-21)28(39)17-34-8-10-35(11-9-34)27-13-26-23(12-25(27)32)29(40)24(30(41)42)16-36(26)20-6-7-20/h2-5,12-13,16,20,22H,6-11,14-15,17H2,1H3,(H,33,38)(H,41,42). The second-order valence-corrected chi connectivity index (χ2v) is 11.4. The molecule has 3 aromatic rings. The Kier molecular flexibility index (Phi) is 7.80. The molecule has 2 N–H and O–H groups in total. The number of halogens is 1. The second-order valence-electron chi connectivity index (χ2n) is 11.4. The number of ether oxygens (including phenoxy) is 1. The quantitative estimate of drug-likeness (QED) is 0.352. The van der Waals surface area contributed by atoms with Crippen LogP contribution < -0.4 is 20.5 Å². The van der Waals surface area contributed by atoms with Gasteiger partial charge in [-0.1, -0.05) is 0 Å². The smallest absolute Gasteiger partial charge is 0.414 e. The molecule has 13 heteroatoms. The number of carboxylic acid groups (broad SMARTS) is 1. The van der Waals surface area contributed by atoms with E-state index in [1.165, 1.54) is 18.0 Å². The highest BCUT2D eigenvalue weighted by Gasteiger charge is 2.33. The maximum absolute atomic E-state index is 15.3. The molecule has 2 saturated heterocycles. The fourth-order valence-electron chi connectivity index (χ4n) is 5.77. The number of nitrogens with one attached hydrogen (secondary N) is 1. The Morgan fingerprint density at radius 1 is 1.05 bits per heavy atom. The lowest BCUT2D eigenvalue weighted by Gasteiger charge is -2.36. The average molecular weight is 606 g/mol. The van der Waals surface area contributed by atoms with Gasteiger partial charge >= 0.3 is 12.1 Å². The van der Waals surface area contributed by atoms with Crippen molar-refractivity contribution >= 4 is 46.0 Å². The fourth-order valence-corrected chi connectivity index (χ4v) is 5.77. The van der Waals surface area contributed by atoms with Gasteiger partial charge in [0, 0.05) is 62.0 Å². The zero-order valence-electron chi connectivity index (χ0n) is 24.1. The molecule has 0 spiro atoms. The van der Waals surface area contributed by atoms with Gasteiger partial charge in [-0.3, -0.25) is 24.2 Å². The highest BCUT2D eigenvalue weighted by molar-refractivity contribution is 5.98. The zero-order chi connectivity index (χ0) is 31.1. The predicted molar refractivity (Wildman–Crippen MR) is 159 cm³/mol. The van der Waals surface area contributed by atoms with Crippen molar-refractivity contribution in [2.75, 3.05) is 55.6 Å². The van der Waals surface area contributed by atoms with Gasteiger partial charge in [-0.25, -0.2) is 14.0 Å². The molecule has 12 nitrogen and oxygen atoms in total. The highest BCUT2D eigenvalue weighted by Crippen LogP contribution is 2.38. The minimum atomic E-state index is -1.33. The molecule has 1 atom stereocenters. The number of amides is 2. The molecule has 1 aromatic heterocycles.